The van der Waals surface area contributed by atoms with Crippen LogP contribution in [0.4, 0.5) is 5.82 Å². The van der Waals surface area contributed by atoms with Gasteiger partial charge in [-0.3, -0.25) is 0 Å². The molecule has 0 aromatic carbocycles. The number of anilines is 1. The van der Waals surface area contributed by atoms with Crippen molar-refractivity contribution in [2.75, 3.05) is 31.1 Å². The lowest BCUT2D eigenvalue weighted by Crippen LogP contribution is -2.37. The Balaban J connectivity index is 0.00000242. The van der Waals surface area contributed by atoms with Crippen molar-refractivity contribution in [3.8, 4) is 0 Å². The number of aromatic nitrogens is 1. The van der Waals surface area contributed by atoms with Crippen LogP contribution >= 0.6 is 24.0 Å². The Morgan fingerprint density at radius 1 is 1.18 bits per heavy atom. The van der Waals surface area contributed by atoms with Crippen LogP contribution in [0.25, 0.3) is 0 Å². The van der Waals surface area contributed by atoms with E-state index >= 15 is 0 Å². The molecule has 0 amide bonds. The van der Waals surface area contributed by atoms with Crippen molar-refractivity contribution >= 4 is 35.8 Å². The fourth-order valence-electron chi connectivity index (χ4n) is 2.57. The zero-order chi connectivity index (χ0) is 15.1. The molecule has 1 aromatic rings. The summed E-state index contributed by atoms with van der Waals surface area (Å²) in [5.74, 6) is 1.98. The SMILES string of the molecule is CCNC(=NCc1ccc(C)nc1N1CCCC1)NCC.I. The first-order chi connectivity index (χ1) is 10.2. The highest BCUT2D eigenvalue weighted by molar-refractivity contribution is 14.0. The van der Waals surface area contributed by atoms with Gasteiger partial charge in [0.05, 0.1) is 6.54 Å². The minimum absolute atomic E-state index is 0. The summed E-state index contributed by atoms with van der Waals surface area (Å²) in [7, 11) is 0. The number of guanidine groups is 1. The zero-order valence-electron chi connectivity index (χ0n) is 13.9. The van der Waals surface area contributed by atoms with Crippen LogP contribution in [0.5, 0.6) is 0 Å². The summed E-state index contributed by atoms with van der Waals surface area (Å²) in [4.78, 5) is 11.8. The number of aryl methyl sites for hydroxylation is 1. The molecule has 1 aromatic heterocycles. The predicted molar refractivity (Wildman–Crippen MR) is 104 cm³/mol. The van der Waals surface area contributed by atoms with Gasteiger partial charge in [0.25, 0.3) is 0 Å². The largest absolute Gasteiger partial charge is 0.357 e. The third kappa shape index (κ3) is 5.30. The third-order valence-electron chi connectivity index (χ3n) is 3.60. The molecule has 124 valence electrons. The Labute approximate surface area is 151 Å². The second-order valence-corrected chi connectivity index (χ2v) is 5.36. The molecular formula is C16H28IN5. The number of aliphatic imine (C=N–C) groups is 1. The van der Waals surface area contributed by atoms with Crippen LogP contribution in [0.3, 0.4) is 0 Å². The van der Waals surface area contributed by atoms with Crippen molar-refractivity contribution in [2.45, 2.75) is 40.2 Å². The van der Waals surface area contributed by atoms with Crippen LogP contribution in [0, 0.1) is 6.92 Å². The molecule has 1 aliphatic heterocycles. The molecule has 1 aliphatic rings. The molecule has 0 unspecified atom stereocenters. The molecule has 0 spiro atoms. The van der Waals surface area contributed by atoms with Crippen LogP contribution in [-0.4, -0.2) is 37.1 Å². The second-order valence-electron chi connectivity index (χ2n) is 5.36. The van der Waals surface area contributed by atoms with Crippen molar-refractivity contribution < 1.29 is 0 Å². The first-order valence-electron chi connectivity index (χ1n) is 7.98. The summed E-state index contributed by atoms with van der Waals surface area (Å²) in [6.07, 6.45) is 2.52. The summed E-state index contributed by atoms with van der Waals surface area (Å²) in [5.41, 5.74) is 2.28. The Kier molecular flexibility index (Phi) is 8.52. The maximum Gasteiger partial charge on any atom is 0.191 e. The molecule has 0 aliphatic carbocycles. The number of pyridine rings is 1. The normalized spacial score (nSPS) is 13.5. The van der Waals surface area contributed by atoms with Gasteiger partial charge in [0.15, 0.2) is 5.96 Å². The molecule has 2 heterocycles. The highest BCUT2D eigenvalue weighted by Crippen LogP contribution is 2.23. The first-order valence-corrected chi connectivity index (χ1v) is 7.98. The monoisotopic (exact) mass is 417 g/mol. The average molecular weight is 417 g/mol. The number of halogens is 1. The number of rotatable bonds is 5. The standard InChI is InChI=1S/C16H27N5.HI/c1-4-17-16(18-5-2)19-12-14-9-8-13(3)20-15(14)21-10-6-7-11-21;/h8-9H,4-7,10-12H2,1-3H3,(H2,17,18,19);1H. The number of hydrogen-bond acceptors (Lipinski definition) is 3. The van der Waals surface area contributed by atoms with E-state index in [1.54, 1.807) is 0 Å². The van der Waals surface area contributed by atoms with E-state index in [1.807, 2.05) is 0 Å². The Hall–Kier alpha value is -1.05. The zero-order valence-corrected chi connectivity index (χ0v) is 16.2. The molecule has 0 bridgehead atoms. The molecule has 2 N–H and O–H groups in total. The summed E-state index contributed by atoms with van der Waals surface area (Å²) in [6.45, 7) is 10.8. The van der Waals surface area contributed by atoms with Crippen LogP contribution in [-0.2, 0) is 6.54 Å². The highest BCUT2D eigenvalue weighted by atomic mass is 127. The average Bonchev–Trinajstić information content (AvgIpc) is 3.00. The van der Waals surface area contributed by atoms with Gasteiger partial charge in [-0.15, -0.1) is 24.0 Å². The molecule has 0 atom stereocenters. The van der Waals surface area contributed by atoms with Gasteiger partial charge in [-0.05, 0) is 39.7 Å². The molecule has 0 radical (unpaired) electrons. The Morgan fingerprint density at radius 3 is 2.41 bits per heavy atom. The summed E-state index contributed by atoms with van der Waals surface area (Å²) in [6, 6.07) is 4.24. The lowest BCUT2D eigenvalue weighted by Gasteiger charge is -2.20. The van der Waals surface area contributed by atoms with Gasteiger partial charge >= 0.3 is 0 Å². The molecule has 22 heavy (non-hydrogen) atoms. The van der Waals surface area contributed by atoms with Crippen molar-refractivity contribution in [1.82, 2.24) is 15.6 Å². The lowest BCUT2D eigenvalue weighted by atomic mass is 10.2. The molecule has 6 heteroatoms. The number of nitrogens with one attached hydrogen (secondary N) is 2. The quantitative estimate of drug-likeness (QED) is 0.440. The van der Waals surface area contributed by atoms with E-state index in [9.17, 15) is 0 Å². The van der Waals surface area contributed by atoms with Crippen molar-refractivity contribution in [2.24, 2.45) is 4.99 Å². The third-order valence-corrected chi connectivity index (χ3v) is 3.60. The van der Waals surface area contributed by atoms with E-state index in [4.69, 9.17) is 4.98 Å². The van der Waals surface area contributed by atoms with Gasteiger partial charge in [-0.2, -0.15) is 0 Å². The fourth-order valence-corrected chi connectivity index (χ4v) is 2.57. The van der Waals surface area contributed by atoms with Gasteiger partial charge in [0, 0.05) is 37.4 Å². The lowest BCUT2D eigenvalue weighted by molar-refractivity contribution is 0.834. The highest BCUT2D eigenvalue weighted by Gasteiger charge is 2.17. The maximum absolute atomic E-state index is 4.74. The van der Waals surface area contributed by atoms with Crippen molar-refractivity contribution in [3.63, 3.8) is 0 Å². The van der Waals surface area contributed by atoms with E-state index in [-0.39, 0.29) is 24.0 Å². The van der Waals surface area contributed by atoms with Crippen LogP contribution < -0.4 is 15.5 Å². The van der Waals surface area contributed by atoms with Crippen LogP contribution in [0.2, 0.25) is 0 Å². The smallest absolute Gasteiger partial charge is 0.191 e. The van der Waals surface area contributed by atoms with E-state index in [0.717, 1.165) is 43.7 Å². The van der Waals surface area contributed by atoms with E-state index in [1.165, 1.54) is 18.4 Å². The molecule has 2 rings (SSSR count). The van der Waals surface area contributed by atoms with E-state index < -0.39 is 0 Å². The maximum atomic E-state index is 4.74. The molecule has 1 saturated heterocycles. The topological polar surface area (TPSA) is 52.6 Å². The van der Waals surface area contributed by atoms with Crippen LogP contribution in [0.1, 0.15) is 37.9 Å². The number of hydrogen-bond donors (Lipinski definition) is 2. The minimum atomic E-state index is 0. The summed E-state index contributed by atoms with van der Waals surface area (Å²) < 4.78 is 0. The fraction of sp³-hybridized carbons (Fsp3) is 0.625. The van der Waals surface area contributed by atoms with Gasteiger partial charge < -0.3 is 15.5 Å². The first kappa shape index (κ1) is 19.0. The Morgan fingerprint density at radius 2 is 1.82 bits per heavy atom. The van der Waals surface area contributed by atoms with Crippen molar-refractivity contribution in [3.05, 3.63) is 23.4 Å². The Bertz CT molecular complexity index is 475. The summed E-state index contributed by atoms with van der Waals surface area (Å²) >= 11 is 0. The molecule has 5 nitrogen and oxygen atoms in total. The van der Waals surface area contributed by atoms with Crippen LogP contribution in [0.15, 0.2) is 17.1 Å². The predicted octanol–water partition coefficient (Wildman–Crippen LogP) is 2.68. The van der Waals surface area contributed by atoms with Crippen molar-refractivity contribution in [1.29, 1.82) is 0 Å². The molecule has 1 fully saturated rings. The van der Waals surface area contributed by atoms with Gasteiger partial charge in [0.2, 0.25) is 0 Å². The van der Waals surface area contributed by atoms with Gasteiger partial charge in [-0.1, -0.05) is 6.07 Å². The molecule has 0 saturated carbocycles. The molecular weight excluding hydrogens is 389 g/mol. The van der Waals surface area contributed by atoms with E-state index in [2.05, 4.69) is 53.4 Å². The minimum Gasteiger partial charge on any atom is -0.357 e. The van der Waals surface area contributed by atoms with Gasteiger partial charge in [0.1, 0.15) is 5.82 Å². The number of nitrogens with zero attached hydrogens (tertiary/aromatic N) is 3. The second kappa shape index (κ2) is 9.86. The summed E-state index contributed by atoms with van der Waals surface area (Å²) in [5, 5.41) is 6.52. The van der Waals surface area contributed by atoms with Gasteiger partial charge in [-0.25, -0.2) is 9.98 Å². The van der Waals surface area contributed by atoms with E-state index in [0.29, 0.717) is 6.54 Å².